The lowest BCUT2D eigenvalue weighted by atomic mass is 10.0. The molecule has 0 bridgehead atoms. The summed E-state index contributed by atoms with van der Waals surface area (Å²) < 4.78 is 0. The summed E-state index contributed by atoms with van der Waals surface area (Å²) in [5, 5.41) is 0. The van der Waals surface area contributed by atoms with Gasteiger partial charge < -0.3 is 10.6 Å². The van der Waals surface area contributed by atoms with Crippen LogP contribution in [-0.4, -0.2) is 19.6 Å². The largest absolute Gasteiger partial charge is 0.372 e. The van der Waals surface area contributed by atoms with Gasteiger partial charge in [-0.2, -0.15) is 0 Å². The number of benzene rings is 1. The number of aryl methyl sites for hydroxylation is 1. The maximum atomic E-state index is 5.59. The fourth-order valence-corrected chi connectivity index (χ4v) is 2.28. The van der Waals surface area contributed by atoms with Crippen molar-refractivity contribution in [2.45, 2.75) is 46.1 Å². The van der Waals surface area contributed by atoms with Crippen molar-refractivity contribution in [2.75, 3.05) is 18.5 Å². The van der Waals surface area contributed by atoms with Crippen LogP contribution in [0.2, 0.25) is 0 Å². The van der Waals surface area contributed by atoms with Crippen LogP contribution in [0.5, 0.6) is 0 Å². The third-order valence-electron chi connectivity index (χ3n) is 3.44. The summed E-state index contributed by atoms with van der Waals surface area (Å²) in [6.07, 6.45) is 3.44. The van der Waals surface area contributed by atoms with Gasteiger partial charge in [0.05, 0.1) is 0 Å². The predicted molar refractivity (Wildman–Crippen MR) is 76.7 cm³/mol. The molecule has 1 aromatic carbocycles. The number of nitrogens with two attached hydrogens (primary N) is 1. The Balaban J connectivity index is 2.83. The summed E-state index contributed by atoms with van der Waals surface area (Å²) in [7, 11) is 2.19. The van der Waals surface area contributed by atoms with Crippen LogP contribution in [0.3, 0.4) is 0 Å². The van der Waals surface area contributed by atoms with E-state index in [1.54, 1.807) is 0 Å². The van der Waals surface area contributed by atoms with E-state index >= 15 is 0 Å². The first kappa shape index (κ1) is 14.0. The number of hydrogen-bond acceptors (Lipinski definition) is 2. The zero-order valence-corrected chi connectivity index (χ0v) is 11.7. The van der Waals surface area contributed by atoms with Gasteiger partial charge in [-0.05, 0) is 50.4 Å². The maximum absolute atomic E-state index is 5.59. The zero-order chi connectivity index (χ0) is 12.8. The Bertz CT molecular complexity index is 347. The first-order valence-electron chi connectivity index (χ1n) is 6.62. The molecule has 1 atom stereocenters. The Kier molecular flexibility index (Phi) is 5.49. The second-order valence-corrected chi connectivity index (χ2v) is 4.91. The molecular weight excluding hydrogens is 208 g/mol. The molecule has 0 amide bonds. The molecule has 0 radical (unpaired) electrons. The van der Waals surface area contributed by atoms with Crippen molar-refractivity contribution in [2.24, 2.45) is 5.73 Å². The molecule has 0 aliphatic carbocycles. The lowest BCUT2D eigenvalue weighted by Gasteiger charge is -2.28. The highest BCUT2D eigenvalue weighted by atomic mass is 15.1. The van der Waals surface area contributed by atoms with Crippen molar-refractivity contribution < 1.29 is 0 Å². The van der Waals surface area contributed by atoms with Gasteiger partial charge in [0, 0.05) is 18.8 Å². The van der Waals surface area contributed by atoms with E-state index in [2.05, 4.69) is 50.9 Å². The fraction of sp³-hybridized carbons (Fsp3) is 0.600. The predicted octanol–water partition coefficient (Wildman–Crippen LogP) is 3.12. The van der Waals surface area contributed by atoms with Crippen LogP contribution in [0.15, 0.2) is 18.2 Å². The molecule has 17 heavy (non-hydrogen) atoms. The van der Waals surface area contributed by atoms with Crippen LogP contribution < -0.4 is 10.6 Å². The summed E-state index contributed by atoms with van der Waals surface area (Å²) in [5.41, 5.74) is 9.61. The standard InChI is InChI=1S/C15H26N2/c1-5-6-13(3)17(4)15-8-7-14(9-10-16)11-12(15)2/h7-8,11,13H,5-6,9-10,16H2,1-4H3. The minimum Gasteiger partial charge on any atom is -0.372 e. The van der Waals surface area contributed by atoms with E-state index in [1.807, 2.05) is 0 Å². The molecule has 0 saturated carbocycles. The molecular formula is C15H26N2. The quantitative estimate of drug-likeness (QED) is 0.819. The smallest absolute Gasteiger partial charge is 0.0395 e. The van der Waals surface area contributed by atoms with Crippen LogP contribution in [0.4, 0.5) is 5.69 Å². The number of nitrogens with zero attached hydrogens (tertiary/aromatic N) is 1. The minimum absolute atomic E-state index is 0.596. The summed E-state index contributed by atoms with van der Waals surface area (Å²) in [6, 6.07) is 7.29. The topological polar surface area (TPSA) is 29.3 Å². The summed E-state index contributed by atoms with van der Waals surface area (Å²) >= 11 is 0. The van der Waals surface area contributed by atoms with E-state index < -0.39 is 0 Å². The molecule has 0 saturated heterocycles. The average Bonchev–Trinajstić information content (AvgIpc) is 2.29. The monoisotopic (exact) mass is 234 g/mol. The highest BCUT2D eigenvalue weighted by molar-refractivity contribution is 5.54. The molecule has 2 N–H and O–H groups in total. The van der Waals surface area contributed by atoms with E-state index in [0.717, 1.165) is 13.0 Å². The van der Waals surface area contributed by atoms with Crippen molar-refractivity contribution in [3.05, 3.63) is 29.3 Å². The Morgan fingerprint density at radius 2 is 2.06 bits per heavy atom. The van der Waals surface area contributed by atoms with Gasteiger partial charge in [0.2, 0.25) is 0 Å². The van der Waals surface area contributed by atoms with Crippen LogP contribution in [0.25, 0.3) is 0 Å². The molecule has 0 spiro atoms. The van der Waals surface area contributed by atoms with Gasteiger partial charge in [0.25, 0.3) is 0 Å². The Labute approximate surface area is 106 Å². The van der Waals surface area contributed by atoms with Gasteiger partial charge in [-0.25, -0.2) is 0 Å². The molecule has 0 aromatic heterocycles. The van der Waals surface area contributed by atoms with Crippen LogP contribution >= 0.6 is 0 Å². The van der Waals surface area contributed by atoms with Gasteiger partial charge in [-0.15, -0.1) is 0 Å². The van der Waals surface area contributed by atoms with Crippen molar-refractivity contribution in [1.29, 1.82) is 0 Å². The van der Waals surface area contributed by atoms with Crippen molar-refractivity contribution in [3.63, 3.8) is 0 Å². The van der Waals surface area contributed by atoms with Gasteiger partial charge in [0.1, 0.15) is 0 Å². The molecule has 2 nitrogen and oxygen atoms in total. The van der Waals surface area contributed by atoms with E-state index in [4.69, 9.17) is 5.73 Å². The van der Waals surface area contributed by atoms with Gasteiger partial charge in [-0.1, -0.05) is 25.5 Å². The summed E-state index contributed by atoms with van der Waals surface area (Å²) in [6.45, 7) is 7.43. The first-order valence-corrected chi connectivity index (χ1v) is 6.62. The second kappa shape index (κ2) is 6.65. The van der Waals surface area contributed by atoms with E-state index in [1.165, 1.54) is 29.7 Å². The Morgan fingerprint density at radius 1 is 1.35 bits per heavy atom. The van der Waals surface area contributed by atoms with Crippen molar-refractivity contribution in [1.82, 2.24) is 0 Å². The van der Waals surface area contributed by atoms with E-state index in [0.29, 0.717) is 6.04 Å². The van der Waals surface area contributed by atoms with Gasteiger partial charge in [-0.3, -0.25) is 0 Å². The third-order valence-corrected chi connectivity index (χ3v) is 3.44. The molecule has 0 aliphatic heterocycles. The Hall–Kier alpha value is -1.02. The SMILES string of the molecule is CCCC(C)N(C)c1ccc(CCN)cc1C. The minimum atomic E-state index is 0.596. The lowest BCUT2D eigenvalue weighted by molar-refractivity contribution is 0.615. The average molecular weight is 234 g/mol. The normalized spacial score (nSPS) is 12.5. The fourth-order valence-electron chi connectivity index (χ4n) is 2.28. The van der Waals surface area contributed by atoms with Crippen molar-refractivity contribution in [3.8, 4) is 0 Å². The van der Waals surface area contributed by atoms with E-state index in [-0.39, 0.29) is 0 Å². The summed E-state index contributed by atoms with van der Waals surface area (Å²) in [4.78, 5) is 2.38. The highest BCUT2D eigenvalue weighted by Crippen LogP contribution is 2.23. The molecule has 1 unspecified atom stereocenters. The molecule has 0 fully saturated rings. The second-order valence-electron chi connectivity index (χ2n) is 4.91. The number of hydrogen-bond donors (Lipinski definition) is 1. The molecule has 0 aliphatic rings. The summed E-state index contributed by atoms with van der Waals surface area (Å²) in [5.74, 6) is 0. The van der Waals surface area contributed by atoms with Crippen LogP contribution in [0, 0.1) is 6.92 Å². The lowest BCUT2D eigenvalue weighted by Crippen LogP contribution is -2.29. The number of anilines is 1. The maximum Gasteiger partial charge on any atom is 0.0395 e. The third kappa shape index (κ3) is 3.74. The molecule has 2 heteroatoms. The Morgan fingerprint density at radius 3 is 2.59 bits per heavy atom. The molecule has 0 heterocycles. The number of rotatable bonds is 6. The van der Waals surface area contributed by atoms with Crippen LogP contribution in [-0.2, 0) is 6.42 Å². The van der Waals surface area contributed by atoms with Gasteiger partial charge in [0.15, 0.2) is 0 Å². The van der Waals surface area contributed by atoms with Crippen LogP contribution in [0.1, 0.15) is 37.8 Å². The first-order chi connectivity index (χ1) is 8.10. The highest BCUT2D eigenvalue weighted by Gasteiger charge is 2.11. The molecule has 96 valence electrons. The van der Waals surface area contributed by atoms with Crippen molar-refractivity contribution >= 4 is 5.69 Å². The van der Waals surface area contributed by atoms with Gasteiger partial charge >= 0.3 is 0 Å². The molecule has 1 aromatic rings. The van der Waals surface area contributed by atoms with E-state index in [9.17, 15) is 0 Å². The molecule has 1 rings (SSSR count). The zero-order valence-electron chi connectivity index (χ0n) is 11.7.